The van der Waals surface area contributed by atoms with Crippen molar-refractivity contribution in [3.63, 3.8) is 0 Å². The van der Waals surface area contributed by atoms with Gasteiger partial charge in [-0.2, -0.15) is 5.26 Å². The van der Waals surface area contributed by atoms with Crippen LogP contribution in [0.4, 0.5) is 0 Å². The number of nitrogens with zero attached hydrogens (tertiary/aromatic N) is 1. The van der Waals surface area contributed by atoms with E-state index in [4.69, 9.17) is 0 Å². The molecule has 1 fully saturated rings. The Balaban J connectivity index is 2.30. The van der Waals surface area contributed by atoms with Crippen LogP contribution in [0.3, 0.4) is 0 Å². The lowest BCUT2D eigenvalue weighted by Gasteiger charge is -2.16. The average molecular weight is 368 g/mol. The molecule has 1 atom stereocenters. The molecule has 100 valence electrons. The van der Waals surface area contributed by atoms with Crippen molar-refractivity contribution in [1.82, 2.24) is 5.32 Å². The lowest BCUT2D eigenvalue weighted by atomic mass is 10.0. The number of carbonyl (C=O) groups is 1. The van der Waals surface area contributed by atoms with E-state index >= 15 is 0 Å². The first-order valence-electron chi connectivity index (χ1n) is 6.23. The fourth-order valence-electron chi connectivity index (χ4n) is 2.36. The van der Waals surface area contributed by atoms with E-state index in [-0.39, 0.29) is 11.3 Å². The molecule has 0 radical (unpaired) electrons. The average Bonchev–Trinajstić information content (AvgIpc) is 2.85. The lowest BCUT2D eigenvalue weighted by molar-refractivity contribution is 0.0933. The van der Waals surface area contributed by atoms with Crippen LogP contribution in [0.5, 0.6) is 0 Å². The maximum absolute atomic E-state index is 12.4. The van der Waals surface area contributed by atoms with Crippen molar-refractivity contribution in [3.8, 4) is 6.07 Å². The zero-order valence-electron chi connectivity index (χ0n) is 11.6. The van der Waals surface area contributed by atoms with Gasteiger partial charge in [-0.15, -0.1) is 0 Å². The summed E-state index contributed by atoms with van der Waals surface area (Å²) < 4.78 is 1.03. The molecule has 1 N–H and O–H groups in total. The number of aryl methyl sites for hydroxylation is 1. The van der Waals surface area contributed by atoms with Gasteiger partial charge in [-0.1, -0.05) is 13.8 Å². The summed E-state index contributed by atoms with van der Waals surface area (Å²) in [6.07, 6.45) is 0.712. The second kappa shape index (κ2) is 4.48. The Morgan fingerprint density at radius 2 is 2.00 bits per heavy atom. The second-order valence-electron chi connectivity index (χ2n) is 5.93. The Bertz CT molecular complexity index is 601. The molecule has 0 aromatic heterocycles. The van der Waals surface area contributed by atoms with E-state index in [2.05, 4.69) is 34.0 Å². The van der Waals surface area contributed by atoms with Crippen LogP contribution in [0.15, 0.2) is 12.1 Å². The highest BCUT2D eigenvalue weighted by atomic mass is 127. The molecule has 1 aromatic carbocycles. The molecule has 0 heterocycles. The molecular formula is C15H17IN2O. The molecule has 0 aliphatic heterocycles. The number of carbonyl (C=O) groups excluding carboxylic acids is 1. The summed E-state index contributed by atoms with van der Waals surface area (Å²) in [7, 11) is 0. The van der Waals surface area contributed by atoms with Crippen molar-refractivity contribution in [2.45, 2.75) is 39.7 Å². The molecule has 0 spiro atoms. The molecule has 1 amide bonds. The van der Waals surface area contributed by atoms with Gasteiger partial charge in [-0.25, -0.2) is 0 Å². The SMILES string of the molecule is Cc1cc(I)cc(C(=O)NC2(C#N)CC2(C)C)c1C. The van der Waals surface area contributed by atoms with Gasteiger partial charge in [0.25, 0.3) is 5.91 Å². The standard InChI is InChI=1S/C15H17IN2O/c1-9-5-11(16)6-12(10(9)2)13(19)18-15(8-17)7-14(15,3)4/h5-6H,7H2,1-4H3,(H,18,19). The molecule has 1 aliphatic carbocycles. The van der Waals surface area contributed by atoms with Gasteiger partial charge >= 0.3 is 0 Å². The molecule has 0 saturated heterocycles. The van der Waals surface area contributed by atoms with Gasteiger partial charge < -0.3 is 5.32 Å². The maximum atomic E-state index is 12.4. The van der Waals surface area contributed by atoms with Crippen molar-refractivity contribution in [3.05, 3.63) is 32.4 Å². The first kappa shape index (κ1) is 14.3. The first-order chi connectivity index (χ1) is 8.72. The van der Waals surface area contributed by atoms with Crippen LogP contribution < -0.4 is 5.32 Å². The fourth-order valence-corrected chi connectivity index (χ4v) is 3.14. The van der Waals surface area contributed by atoms with E-state index in [1.54, 1.807) is 0 Å². The van der Waals surface area contributed by atoms with Crippen molar-refractivity contribution in [1.29, 1.82) is 5.26 Å². The summed E-state index contributed by atoms with van der Waals surface area (Å²) in [5.74, 6) is -0.147. The zero-order chi connectivity index (χ0) is 14.4. The summed E-state index contributed by atoms with van der Waals surface area (Å²) in [6, 6.07) is 6.18. The Hall–Kier alpha value is -1.09. The van der Waals surface area contributed by atoms with Crippen molar-refractivity contribution in [2.24, 2.45) is 5.41 Å². The minimum absolute atomic E-state index is 0.137. The van der Waals surface area contributed by atoms with Crippen molar-refractivity contribution < 1.29 is 4.79 Å². The molecule has 19 heavy (non-hydrogen) atoms. The highest BCUT2D eigenvalue weighted by Crippen LogP contribution is 2.55. The predicted molar refractivity (Wildman–Crippen MR) is 82.8 cm³/mol. The lowest BCUT2D eigenvalue weighted by Crippen LogP contribution is -2.39. The summed E-state index contributed by atoms with van der Waals surface area (Å²) in [5, 5.41) is 12.2. The van der Waals surface area contributed by atoms with Gasteiger partial charge in [-0.05, 0) is 66.1 Å². The molecular weight excluding hydrogens is 351 g/mol. The number of hydrogen-bond donors (Lipinski definition) is 1. The predicted octanol–water partition coefficient (Wildman–Crippen LogP) is 3.33. The van der Waals surface area contributed by atoms with E-state index in [0.717, 1.165) is 14.7 Å². The number of nitriles is 1. The van der Waals surface area contributed by atoms with Crippen molar-refractivity contribution >= 4 is 28.5 Å². The highest BCUT2D eigenvalue weighted by molar-refractivity contribution is 14.1. The van der Waals surface area contributed by atoms with Crippen LogP contribution in [0.1, 0.15) is 41.8 Å². The number of hydrogen-bond acceptors (Lipinski definition) is 2. The Morgan fingerprint density at radius 1 is 1.42 bits per heavy atom. The van der Waals surface area contributed by atoms with E-state index in [1.807, 2.05) is 39.8 Å². The molecule has 3 nitrogen and oxygen atoms in total. The van der Waals surface area contributed by atoms with E-state index in [1.165, 1.54) is 0 Å². The van der Waals surface area contributed by atoms with Gasteiger partial charge in [0, 0.05) is 14.5 Å². The number of amides is 1. The molecule has 4 heteroatoms. The van der Waals surface area contributed by atoms with Gasteiger partial charge in [0.05, 0.1) is 6.07 Å². The Kier molecular flexibility index (Phi) is 3.38. The largest absolute Gasteiger partial charge is 0.333 e. The number of rotatable bonds is 2. The number of halogens is 1. The molecule has 1 saturated carbocycles. The van der Waals surface area contributed by atoms with Crippen LogP contribution in [0.2, 0.25) is 0 Å². The minimum atomic E-state index is -0.703. The van der Waals surface area contributed by atoms with Gasteiger partial charge in [0.15, 0.2) is 0 Å². The number of benzene rings is 1. The molecule has 1 aromatic rings. The molecule has 1 aliphatic rings. The second-order valence-corrected chi connectivity index (χ2v) is 7.17. The van der Waals surface area contributed by atoms with Crippen LogP contribution in [-0.4, -0.2) is 11.4 Å². The van der Waals surface area contributed by atoms with Crippen LogP contribution in [0.25, 0.3) is 0 Å². The minimum Gasteiger partial charge on any atom is -0.333 e. The summed E-state index contributed by atoms with van der Waals surface area (Å²) >= 11 is 2.21. The maximum Gasteiger partial charge on any atom is 0.252 e. The Labute approximate surface area is 127 Å². The monoisotopic (exact) mass is 368 g/mol. The molecule has 0 bridgehead atoms. The topological polar surface area (TPSA) is 52.9 Å². The van der Waals surface area contributed by atoms with E-state index in [9.17, 15) is 10.1 Å². The fraction of sp³-hybridized carbons (Fsp3) is 0.467. The Morgan fingerprint density at radius 3 is 2.47 bits per heavy atom. The van der Waals surface area contributed by atoms with Crippen LogP contribution in [0, 0.1) is 34.2 Å². The highest BCUT2D eigenvalue weighted by Gasteiger charge is 2.63. The van der Waals surface area contributed by atoms with Gasteiger partial charge in [0.1, 0.15) is 5.54 Å². The van der Waals surface area contributed by atoms with E-state index < -0.39 is 5.54 Å². The molecule has 1 unspecified atom stereocenters. The van der Waals surface area contributed by atoms with Gasteiger partial charge in [-0.3, -0.25) is 4.79 Å². The number of nitrogens with one attached hydrogen (secondary N) is 1. The van der Waals surface area contributed by atoms with Crippen molar-refractivity contribution in [2.75, 3.05) is 0 Å². The zero-order valence-corrected chi connectivity index (χ0v) is 13.8. The third kappa shape index (κ3) is 2.36. The normalized spacial score (nSPS) is 23.6. The van der Waals surface area contributed by atoms with Gasteiger partial charge in [0.2, 0.25) is 0 Å². The summed E-state index contributed by atoms with van der Waals surface area (Å²) in [4.78, 5) is 12.4. The van der Waals surface area contributed by atoms with Crippen LogP contribution >= 0.6 is 22.6 Å². The smallest absolute Gasteiger partial charge is 0.252 e. The third-order valence-corrected chi connectivity index (χ3v) is 4.75. The first-order valence-corrected chi connectivity index (χ1v) is 7.31. The summed E-state index contributed by atoms with van der Waals surface area (Å²) in [5.41, 5.74) is 1.90. The quantitative estimate of drug-likeness (QED) is 0.815. The molecule has 2 rings (SSSR count). The van der Waals surface area contributed by atoms with Crippen LogP contribution in [-0.2, 0) is 0 Å². The summed E-state index contributed by atoms with van der Waals surface area (Å²) in [6.45, 7) is 7.94. The third-order valence-electron chi connectivity index (χ3n) is 4.13. The van der Waals surface area contributed by atoms with E-state index in [0.29, 0.717) is 12.0 Å².